The highest BCUT2D eigenvalue weighted by Crippen LogP contribution is 2.89. The van der Waals surface area contributed by atoms with E-state index in [0.717, 1.165) is 30.1 Å². The van der Waals surface area contributed by atoms with Gasteiger partial charge in [0.05, 0.1) is 6.10 Å². The fourth-order valence-electron chi connectivity index (χ4n) is 11.1. The van der Waals surface area contributed by atoms with Gasteiger partial charge in [-0.3, -0.25) is 0 Å². The molecular formula is C30H50O. The molecule has 1 nitrogen and oxygen atoms in total. The monoisotopic (exact) mass is 426 g/mol. The fraction of sp³-hybridized carbons (Fsp3) is 0.933. The van der Waals surface area contributed by atoms with Crippen molar-refractivity contribution < 1.29 is 5.11 Å². The fourth-order valence-corrected chi connectivity index (χ4v) is 11.1. The molecule has 2 spiro atoms. The van der Waals surface area contributed by atoms with Crippen LogP contribution in [0.25, 0.3) is 0 Å². The Balaban J connectivity index is 1.41. The molecule has 31 heavy (non-hydrogen) atoms. The SMILES string of the molecule is CC(C)=CCC[C@@H](C)[C@H]1CC[C@]2(C)[C@H]3CC[C@@H]4C(C)(C)[C@@H](O)CC[C@@]45C[C@]35CC[C@]12C. The number of hydrogen-bond acceptors (Lipinski definition) is 1. The second-order valence-electron chi connectivity index (χ2n) is 14.4. The van der Waals surface area contributed by atoms with Gasteiger partial charge >= 0.3 is 0 Å². The van der Waals surface area contributed by atoms with E-state index < -0.39 is 0 Å². The van der Waals surface area contributed by atoms with Gasteiger partial charge in [-0.1, -0.05) is 46.3 Å². The van der Waals surface area contributed by atoms with Crippen molar-refractivity contribution in [2.75, 3.05) is 0 Å². The van der Waals surface area contributed by atoms with Crippen LogP contribution in [0, 0.1) is 50.7 Å². The third-order valence-corrected chi connectivity index (χ3v) is 13.0. The molecule has 5 rings (SSSR count). The Morgan fingerprint density at radius 3 is 2.26 bits per heavy atom. The molecule has 0 bridgehead atoms. The summed E-state index contributed by atoms with van der Waals surface area (Å²) in [5.41, 5.74) is 3.87. The van der Waals surface area contributed by atoms with Crippen molar-refractivity contribution in [3.05, 3.63) is 11.6 Å². The third kappa shape index (κ3) is 2.71. The van der Waals surface area contributed by atoms with Crippen LogP contribution in [0.4, 0.5) is 0 Å². The molecule has 0 saturated heterocycles. The summed E-state index contributed by atoms with van der Waals surface area (Å²) in [4.78, 5) is 0. The van der Waals surface area contributed by atoms with Gasteiger partial charge in [-0.15, -0.1) is 0 Å². The Labute approximate surface area is 192 Å². The smallest absolute Gasteiger partial charge is 0.0594 e. The van der Waals surface area contributed by atoms with Crippen LogP contribution < -0.4 is 0 Å². The van der Waals surface area contributed by atoms with Crippen molar-refractivity contribution in [2.45, 2.75) is 125 Å². The largest absolute Gasteiger partial charge is 0.393 e. The van der Waals surface area contributed by atoms with E-state index in [1.54, 1.807) is 0 Å². The predicted molar refractivity (Wildman–Crippen MR) is 131 cm³/mol. The second kappa shape index (κ2) is 6.86. The lowest BCUT2D eigenvalue weighted by molar-refractivity contribution is -0.161. The summed E-state index contributed by atoms with van der Waals surface area (Å²) in [6, 6.07) is 0. The van der Waals surface area contributed by atoms with Crippen LogP contribution in [0.1, 0.15) is 119 Å². The van der Waals surface area contributed by atoms with E-state index in [2.05, 4.69) is 54.5 Å². The first kappa shape index (κ1) is 22.5. The molecule has 0 aliphatic heterocycles. The molecule has 0 amide bonds. The minimum absolute atomic E-state index is 0.0840. The van der Waals surface area contributed by atoms with E-state index in [0.29, 0.717) is 21.7 Å². The summed E-state index contributed by atoms with van der Waals surface area (Å²) in [5, 5.41) is 10.8. The average molecular weight is 427 g/mol. The second-order valence-corrected chi connectivity index (χ2v) is 14.4. The van der Waals surface area contributed by atoms with E-state index >= 15 is 0 Å². The van der Waals surface area contributed by atoms with Crippen molar-refractivity contribution in [3.63, 3.8) is 0 Å². The van der Waals surface area contributed by atoms with Crippen LogP contribution in [0.15, 0.2) is 11.6 Å². The Hall–Kier alpha value is -0.300. The van der Waals surface area contributed by atoms with Crippen LogP contribution in [0.3, 0.4) is 0 Å². The lowest BCUT2D eigenvalue weighted by atomic mass is 9.41. The first-order chi connectivity index (χ1) is 14.4. The quantitative estimate of drug-likeness (QED) is 0.449. The predicted octanol–water partition coefficient (Wildman–Crippen LogP) is 8.17. The summed E-state index contributed by atoms with van der Waals surface area (Å²) in [5.74, 6) is 3.46. The van der Waals surface area contributed by atoms with Crippen LogP contribution >= 0.6 is 0 Å². The van der Waals surface area contributed by atoms with E-state index in [1.165, 1.54) is 69.8 Å². The number of aliphatic hydroxyl groups is 1. The zero-order valence-corrected chi connectivity index (χ0v) is 21.7. The molecule has 5 aliphatic carbocycles. The summed E-state index contributed by atoms with van der Waals surface area (Å²) in [7, 11) is 0. The molecule has 5 aliphatic rings. The van der Waals surface area contributed by atoms with Gasteiger partial charge in [0.15, 0.2) is 0 Å². The lowest BCUT2D eigenvalue weighted by Gasteiger charge is -2.63. The highest BCUT2D eigenvalue weighted by Gasteiger charge is 2.82. The van der Waals surface area contributed by atoms with Gasteiger partial charge in [-0.2, -0.15) is 0 Å². The van der Waals surface area contributed by atoms with E-state index in [-0.39, 0.29) is 11.5 Å². The van der Waals surface area contributed by atoms with Gasteiger partial charge in [0.25, 0.3) is 0 Å². The number of allylic oxidation sites excluding steroid dienone is 2. The van der Waals surface area contributed by atoms with Crippen LogP contribution in [-0.4, -0.2) is 11.2 Å². The molecule has 0 aromatic heterocycles. The first-order valence-corrected chi connectivity index (χ1v) is 13.8. The maximum absolute atomic E-state index is 10.8. The molecular weight excluding hydrogens is 376 g/mol. The van der Waals surface area contributed by atoms with Crippen molar-refractivity contribution in [1.29, 1.82) is 0 Å². The molecule has 0 unspecified atom stereocenters. The molecule has 9 atom stereocenters. The average Bonchev–Trinajstić information content (AvgIpc) is 3.27. The molecule has 5 saturated carbocycles. The zero-order chi connectivity index (χ0) is 22.4. The Morgan fingerprint density at radius 1 is 0.871 bits per heavy atom. The van der Waals surface area contributed by atoms with E-state index in [9.17, 15) is 5.11 Å². The van der Waals surface area contributed by atoms with E-state index in [4.69, 9.17) is 0 Å². The standard InChI is InChI=1S/C30H50O/c1-20(2)9-8-10-21(3)22-13-15-28(7)24-12-11-23-26(4,5)25(31)14-16-29(23)19-30(24,29)18-17-27(22,28)6/h9,21-25,31H,8,10-19H2,1-7H3/t21-,22-,23-,24-,25+,27-,28-,29-,30-/m1/s1. The summed E-state index contributed by atoms with van der Waals surface area (Å²) in [6.45, 7) is 17.3. The van der Waals surface area contributed by atoms with Crippen molar-refractivity contribution >= 4 is 0 Å². The third-order valence-electron chi connectivity index (χ3n) is 13.0. The van der Waals surface area contributed by atoms with Crippen LogP contribution in [0.2, 0.25) is 0 Å². The molecule has 0 heterocycles. The summed E-state index contributed by atoms with van der Waals surface area (Å²) >= 11 is 0. The van der Waals surface area contributed by atoms with Crippen molar-refractivity contribution in [2.24, 2.45) is 50.7 Å². The van der Waals surface area contributed by atoms with E-state index in [1.807, 2.05) is 0 Å². The minimum atomic E-state index is -0.0840. The Kier molecular flexibility index (Phi) is 4.98. The van der Waals surface area contributed by atoms with Gasteiger partial charge in [-0.05, 0) is 135 Å². The Bertz CT molecular complexity index is 760. The molecule has 1 N–H and O–H groups in total. The molecule has 1 heteroatoms. The topological polar surface area (TPSA) is 20.2 Å². The highest BCUT2D eigenvalue weighted by atomic mass is 16.3. The first-order valence-electron chi connectivity index (χ1n) is 13.8. The van der Waals surface area contributed by atoms with Crippen molar-refractivity contribution in [3.8, 4) is 0 Å². The van der Waals surface area contributed by atoms with Gasteiger partial charge in [-0.25, -0.2) is 0 Å². The zero-order valence-electron chi connectivity index (χ0n) is 21.7. The summed E-state index contributed by atoms with van der Waals surface area (Å²) < 4.78 is 0. The van der Waals surface area contributed by atoms with Crippen LogP contribution in [0.5, 0.6) is 0 Å². The molecule has 176 valence electrons. The van der Waals surface area contributed by atoms with Gasteiger partial charge in [0, 0.05) is 0 Å². The molecule has 0 aromatic rings. The molecule has 0 aromatic carbocycles. The molecule has 0 radical (unpaired) electrons. The Morgan fingerprint density at radius 2 is 1.55 bits per heavy atom. The highest BCUT2D eigenvalue weighted by molar-refractivity contribution is 5.30. The maximum Gasteiger partial charge on any atom is 0.0594 e. The maximum atomic E-state index is 10.8. The normalized spacial score (nSPS) is 52.9. The van der Waals surface area contributed by atoms with Crippen LogP contribution in [-0.2, 0) is 0 Å². The van der Waals surface area contributed by atoms with Crippen molar-refractivity contribution in [1.82, 2.24) is 0 Å². The lowest BCUT2D eigenvalue weighted by Crippen LogP contribution is -2.57. The van der Waals surface area contributed by atoms with Gasteiger partial charge in [0.2, 0.25) is 0 Å². The molecule has 5 fully saturated rings. The van der Waals surface area contributed by atoms with Gasteiger partial charge in [0.1, 0.15) is 0 Å². The number of aliphatic hydroxyl groups excluding tert-OH is 1. The number of rotatable bonds is 4. The summed E-state index contributed by atoms with van der Waals surface area (Å²) in [6.07, 6.45) is 17.6. The number of fused-ring (bicyclic) bond motifs is 2. The minimum Gasteiger partial charge on any atom is -0.393 e. The number of hydrogen-bond donors (Lipinski definition) is 1. The van der Waals surface area contributed by atoms with Gasteiger partial charge < -0.3 is 5.11 Å².